The Labute approximate surface area is 78.9 Å². The first-order chi connectivity index (χ1) is 5.11. The normalized spacial score (nSPS) is 13.0. The maximum absolute atomic E-state index is 10.6. The Kier molecular flexibility index (Phi) is 2.93. The first-order valence-electron chi connectivity index (χ1n) is 2.99. The fourth-order valence-corrected chi connectivity index (χ4v) is 1.97. The fraction of sp³-hybridized carbons (Fsp3) is 0.286. The van der Waals surface area contributed by atoms with Crippen molar-refractivity contribution < 1.29 is 4.79 Å². The molecule has 1 aromatic rings. The molecular formula is C7H6Cl2OS. The van der Waals surface area contributed by atoms with Crippen molar-refractivity contribution in [2.45, 2.75) is 12.3 Å². The van der Waals surface area contributed by atoms with E-state index in [2.05, 4.69) is 0 Å². The zero-order chi connectivity index (χ0) is 8.43. The quantitative estimate of drug-likeness (QED) is 0.540. The van der Waals surface area contributed by atoms with Crippen molar-refractivity contribution >= 4 is 39.8 Å². The average molecular weight is 209 g/mol. The Morgan fingerprint density at radius 2 is 2.36 bits per heavy atom. The maximum atomic E-state index is 10.6. The molecular weight excluding hydrogens is 203 g/mol. The maximum Gasteiger partial charge on any atom is 0.244 e. The molecule has 0 radical (unpaired) electrons. The summed E-state index contributed by atoms with van der Waals surface area (Å²) < 4.78 is 0. The van der Waals surface area contributed by atoms with Gasteiger partial charge in [-0.3, -0.25) is 4.79 Å². The molecule has 1 aromatic heterocycles. The highest BCUT2D eigenvalue weighted by atomic mass is 35.5. The van der Waals surface area contributed by atoms with Crippen LogP contribution >= 0.6 is 34.5 Å². The Hall–Kier alpha value is -0.0500. The van der Waals surface area contributed by atoms with E-state index in [0.717, 1.165) is 10.4 Å². The van der Waals surface area contributed by atoms with Crippen LogP contribution in [0.5, 0.6) is 0 Å². The van der Waals surface area contributed by atoms with Gasteiger partial charge in [-0.1, -0.05) is 0 Å². The number of halogens is 2. The SMILES string of the molecule is Cc1csc(C(Cl)C(=O)Cl)c1. The van der Waals surface area contributed by atoms with Crippen LogP contribution in [-0.4, -0.2) is 5.24 Å². The molecule has 0 N–H and O–H groups in total. The van der Waals surface area contributed by atoms with Crippen LogP contribution < -0.4 is 0 Å². The van der Waals surface area contributed by atoms with Crippen molar-refractivity contribution in [3.63, 3.8) is 0 Å². The minimum absolute atomic E-state index is 0.520. The number of hydrogen-bond donors (Lipinski definition) is 0. The summed E-state index contributed by atoms with van der Waals surface area (Å²) in [4.78, 5) is 11.4. The van der Waals surface area contributed by atoms with E-state index in [-0.39, 0.29) is 0 Å². The van der Waals surface area contributed by atoms with Crippen molar-refractivity contribution in [2.24, 2.45) is 0 Å². The van der Waals surface area contributed by atoms with Gasteiger partial charge in [-0.15, -0.1) is 22.9 Å². The Morgan fingerprint density at radius 1 is 1.73 bits per heavy atom. The van der Waals surface area contributed by atoms with Crippen LogP contribution in [0.25, 0.3) is 0 Å². The molecule has 0 spiro atoms. The molecule has 4 heteroatoms. The second kappa shape index (κ2) is 3.57. The smallest absolute Gasteiger partial charge is 0.244 e. The van der Waals surface area contributed by atoms with Gasteiger partial charge in [0.05, 0.1) is 0 Å². The highest BCUT2D eigenvalue weighted by molar-refractivity contribution is 7.10. The van der Waals surface area contributed by atoms with Crippen LogP contribution in [0, 0.1) is 6.92 Å². The summed E-state index contributed by atoms with van der Waals surface area (Å²) in [6.45, 7) is 1.95. The van der Waals surface area contributed by atoms with Crippen LogP contribution in [0.1, 0.15) is 15.8 Å². The molecule has 0 saturated carbocycles. The van der Waals surface area contributed by atoms with E-state index in [4.69, 9.17) is 23.2 Å². The van der Waals surface area contributed by atoms with E-state index in [0.29, 0.717) is 0 Å². The summed E-state index contributed by atoms with van der Waals surface area (Å²) in [5, 5.41) is 0.730. The molecule has 1 atom stereocenters. The summed E-state index contributed by atoms with van der Waals surface area (Å²) in [7, 11) is 0. The molecule has 1 heterocycles. The zero-order valence-electron chi connectivity index (χ0n) is 5.80. The molecule has 11 heavy (non-hydrogen) atoms. The third kappa shape index (κ3) is 2.19. The van der Waals surface area contributed by atoms with Crippen molar-refractivity contribution in [3.8, 4) is 0 Å². The minimum atomic E-state index is -0.685. The molecule has 1 nitrogen and oxygen atoms in total. The molecule has 0 amide bonds. The first-order valence-corrected chi connectivity index (χ1v) is 4.69. The monoisotopic (exact) mass is 208 g/mol. The van der Waals surface area contributed by atoms with Gasteiger partial charge in [0.15, 0.2) is 0 Å². The van der Waals surface area contributed by atoms with Gasteiger partial charge in [0.1, 0.15) is 5.38 Å². The molecule has 0 aromatic carbocycles. The lowest BCUT2D eigenvalue weighted by Gasteiger charge is -1.97. The lowest BCUT2D eigenvalue weighted by Crippen LogP contribution is -1.95. The standard InChI is InChI=1S/C7H6Cl2OS/c1-4-2-5(11-3-4)6(8)7(9)10/h2-3,6H,1H3. The van der Waals surface area contributed by atoms with Crippen LogP contribution in [0.3, 0.4) is 0 Å². The minimum Gasteiger partial charge on any atom is -0.279 e. The van der Waals surface area contributed by atoms with E-state index < -0.39 is 10.6 Å². The molecule has 0 aliphatic carbocycles. The number of thiophene rings is 1. The molecule has 0 saturated heterocycles. The largest absolute Gasteiger partial charge is 0.279 e. The van der Waals surface area contributed by atoms with Crippen molar-refractivity contribution in [2.75, 3.05) is 0 Å². The van der Waals surface area contributed by atoms with Gasteiger partial charge in [-0.2, -0.15) is 0 Å². The highest BCUT2D eigenvalue weighted by Crippen LogP contribution is 2.28. The van der Waals surface area contributed by atoms with Crippen molar-refractivity contribution in [1.29, 1.82) is 0 Å². The summed E-state index contributed by atoms with van der Waals surface area (Å²) in [6.07, 6.45) is 0. The molecule has 1 rings (SSSR count). The molecule has 0 fully saturated rings. The number of rotatable bonds is 2. The number of alkyl halides is 1. The van der Waals surface area contributed by atoms with E-state index in [1.165, 1.54) is 11.3 Å². The molecule has 1 unspecified atom stereocenters. The summed E-state index contributed by atoms with van der Waals surface area (Å²) in [6, 6.07) is 1.86. The van der Waals surface area contributed by atoms with E-state index in [1.807, 2.05) is 18.4 Å². The number of carbonyl (C=O) groups excluding carboxylic acids is 1. The Balaban J connectivity index is 2.84. The summed E-state index contributed by atoms with van der Waals surface area (Å²) in [5.41, 5.74) is 1.11. The van der Waals surface area contributed by atoms with Crippen LogP contribution in [-0.2, 0) is 4.79 Å². The molecule has 0 aliphatic heterocycles. The van der Waals surface area contributed by atoms with Gasteiger partial charge in [-0.25, -0.2) is 0 Å². The first kappa shape index (κ1) is 9.04. The Bertz CT molecular complexity index is 269. The topological polar surface area (TPSA) is 17.1 Å². The second-order valence-corrected chi connectivity index (χ2v) is 3.94. The van der Waals surface area contributed by atoms with E-state index in [1.54, 1.807) is 0 Å². The number of carbonyl (C=O) groups is 1. The Morgan fingerprint density at radius 3 is 2.73 bits per heavy atom. The predicted octanol–water partition coefficient (Wildman–Crippen LogP) is 3.10. The third-order valence-corrected chi connectivity index (χ3v) is 3.21. The summed E-state index contributed by atoms with van der Waals surface area (Å²) in [5.74, 6) is 0. The van der Waals surface area contributed by atoms with Gasteiger partial charge in [-0.05, 0) is 35.5 Å². The van der Waals surface area contributed by atoms with Gasteiger partial charge >= 0.3 is 0 Å². The van der Waals surface area contributed by atoms with E-state index >= 15 is 0 Å². The van der Waals surface area contributed by atoms with Crippen LogP contribution in [0.2, 0.25) is 0 Å². The van der Waals surface area contributed by atoms with Gasteiger partial charge in [0.25, 0.3) is 0 Å². The van der Waals surface area contributed by atoms with Crippen LogP contribution in [0.15, 0.2) is 11.4 Å². The second-order valence-electron chi connectivity index (χ2n) is 2.19. The number of hydrogen-bond acceptors (Lipinski definition) is 2. The molecule has 60 valence electrons. The zero-order valence-corrected chi connectivity index (χ0v) is 8.13. The van der Waals surface area contributed by atoms with Crippen molar-refractivity contribution in [1.82, 2.24) is 0 Å². The van der Waals surface area contributed by atoms with Gasteiger partial charge in [0.2, 0.25) is 5.24 Å². The van der Waals surface area contributed by atoms with Crippen LogP contribution in [0.4, 0.5) is 0 Å². The fourth-order valence-electron chi connectivity index (χ4n) is 0.698. The van der Waals surface area contributed by atoms with Crippen molar-refractivity contribution in [3.05, 3.63) is 21.9 Å². The summed E-state index contributed by atoms with van der Waals surface area (Å²) >= 11 is 12.3. The number of aryl methyl sites for hydroxylation is 1. The molecule has 0 bridgehead atoms. The lowest BCUT2D eigenvalue weighted by atomic mass is 10.3. The third-order valence-electron chi connectivity index (χ3n) is 1.20. The predicted molar refractivity (Wildman–Crippen MR) is 48.5 cm³/mol. The van der Waals surface area contributed by atoms with Gasteiger partial charge in [0, 0.05) is 4.88 Å². The average Bonchev–Trinajstić information content (AvgIpc) is 2.34. The lowest BCUT2D eigenvalue weighted by molar-refractivity contribution is -0.111. The molecule has 0 aliphatic rings. The van der Waals surface area contributed by atoms with Gasteiger partial charge < -0.3 is 0 Å². The van der Waals surface area contributed by atoms with E-state index in [9.17, 15) is 4.79 Å². The highest BCUT2D eigenvalue weighted by Gasteiger charge is 2.16.